The Morgan fingerprint density at radius 3 is 2.39 bits per heavy atom. The fraction of sp³-hybridized carbons (Fsp3) is 0.630. The van der Waals surface area contributed by atoms with Crippen molar-refractivity contribution in [2.24, 2.45) is 0 Å². The molecule has 11 heteroatoms. The van der Waals surface area contributed by atoms with Gasteiger partial charge >= 0.3 is 6.09 Å². The number of aromatic nitrogens is 1. The third-order valence-electron chi connectivity index (χ3n) is 6.58. The molecule has 0 spiro atoms. The van der Waals surface area contributed by atoms with E-state index in [0.29, 0.717) is 30.3 Å². The minimum atomic E-state index is -3.93. The maximum Gasteiger partial charge on any atom is 0.410 e. The molecule has 1 amide bonds. The maximum atomic E-state index is 13.3. The SMILES string of the molecule is C[C@@H](CN(CCCCO[Si](C)(C)C(C)(C)C)C(=O)OC(C)(C)C)NS(=O)(=O)c1cccc2cncc(Cl)c12. The molecule has 0 aliphatic heterocycles. The van der Waals surface area contributed by atoms with Crippen LogP contribution in [0.5, 0.6) is 0 Å². The van der Waals surface area contributed by atoms with Crippen LogP contribution in [0.1, 0.15) is 61.3 Å². The van der Waals surface area contributed by atoms with Gasteiger partial charge in [-0.1, -0.05) is 44.5 Å². The molecule has 0 bridgehead atoms. The number of hydrogen-bond donors (Lipinski definition) is 1. The molecule has 1 aromatic carbocycles. The molecule has 0 fully saturated rings. The number of unbranched alkanes of at least 4 members (excludes halogenated alkanes) is 1. The van der Waals surface area contributed by atoms with Gasteiger partial charge in [-0.05, 0) is 64.7 Å². The standard InChI is InChI=1S/C27H44ClN3O5SSi/c1-20(30-37(33,34)23-14-12-13-21-17-29-18-22(28)24(21)23)19-31(25(32)36-26(2,3)4)15-10-11-16-35-38(8,9)27(5,6)7/h12-14,17-18,20,30H,10-11,15-16,19H2,1-9H3/t20-/m0/s1. The van der Waals surface area contributed by atoms with Gasteiger partial charge in [0.2, 0.25) is 10.0 Å². The first-order valence-electron chi connectivity index (χ1n) is 13.0. The van der Waals surface area contributed by atoms with E-state index >= 15 is 0 Å². The van der Waals surface area contributed by atoms with Gasteiger partial charge in [0.05, 0.1) is 9.92 Å². The summed E-state index contributed by atoms with van der Waals surface area (Å²) in [5.41, 5.74) is -0.669. The summed E-state index contributed by atoms with van der Waals surface area (Å²) in [6.45, 7) is 19.4. The van der Waals surface area contributed by atoms with Gasteiger partial charge in [0.25, 0.3) is 0 Å². The zero-order chi connectivity index (χ0) is 28.9. The molecule has 0 aliphatic carbocycles. The summed E-state index contributed by atoms with van der Waals surface area (Å²) in [5.74, 6) is 0. The second kappa shape index (κ2) is 12.6. The number of carbonyl (C=O) groups is 1. The number of halogens is 1. The number of pyridine rings is 1. The van der Waals surface area contributed by atoms with E-state index in [-0.39, 0.29) is 21.5 Å². The second-order valence-corrected chi connectivity index (χ2v) is 19.1. The largest absolute Gasteiger partial charge is 0.444 e. The van der Waals surface area contributed by atoms with Gasteiger partial charge in [-0.2, -0.15) is 0 Å². The summed E-state index contributed by atoms with van der Waals surface area (Å²) in [5, 5.41) is 1.43. The number of amides is 1. The first-order chi connectivity index (χ1) is 17.3. The Hall–Kier alpha value is -1.72. The smallest absolute Gasteiger partial charge is 0.410 e. The van der Waals surface area contributed by atoms with Crippen LogP contribution in [0.15, 0.2) is 35.5 Å². The molecule has 0 aliphatic rings. The van der Waals surface area contributed by atoms with E-state index in [1.165, 1.54) is 12.3 Å². The van der Waals surface area contributed by atoms with Crippen LogP contribution in [0.4, 0.5) is 4.79 Å². The number of nitrogens with zero attached hydrogens (tertiary/aromatic N) is 2. The fourth-order valence-electron chi connectivity index (χ4n) is 3.61. The van der Waals surface area contributed by atoms with E-state index < -0.39 is 36.1 Å². The highest BCUT2D eigenvalue weighted by atomic mass is 35.5. The number of ether oxygens (including phenoxy) is 1. The fourth-order valence-corrected chi connectivity index (χ4v) is 6.51. The second-order valence-electron chi connectivity index (χ2n) is 12.2. The van der Waals surface area contributed by atoms with Crippen molar-refractivity contribution in [3.63, 3.8) is 0 Å². The number of nitrogens with one attached hydrogen (secondary N) is 1. The van der Waals surface area contributed by atoms with E-state index in [2.05, 4.69) is 43.6 Å². The van der Waals surface area contributed by atoms with Crippen LogP contribution in [0, 0.1) is 0 Å². The summed E-state index contributed by atoms with van der Waals surface area (Å²) in [4.78, 5) is 18.7. The zero-order valence-electron chi connectivity index (χ0n) is 24.2. The Bertz CT molecular complexity index is 1200. The lowest BCUT2D eigenvalue weighted by Gasteiger charge is -2.36. The van der Waals surface area contributed by atoms with Crippen molar-refractivity contribution in [2.75, 3.05) is 19.7 Å². The van der Waals surface area contributed by atoms with Gasteiger partial charge in [0, 0.05) is 48.9 Å². The van der Waals surface area contributed by atoms with Crippen molar-refractivity contribution in [3.8, 4) is 0 Å². The maximum absolute atomic E-state index is 13.3. The van der Waals surface area contributed by atoms with Crippen LogP contribution < -0.4 is 4.72 Å². The Morgan fingerprint density at radius 1 is 1.13 bits per heavy atom. The molecule has 214 valence electrons. The minimum Gasteiger partial charge on any atom is -0.444 e. The highest BCUT2D eigenvalue weighted by molar-refractivity contribution is 7.89. The number of rotatable bonds is 11. The quantitative estimate of drug-likeness (QED) is 0.236. The zero-order valence-corrected chi connectivity index (χ0v) is 26.8. The average Bonchev–Trinajstić information content (AvgIpc) is 2.75. The Labute approximate surface area is 234 Å². The van der Waals surface area contributed by atoms with Crippen LogP contribution in [0.2, 0.25) is 23.2 Å². The van der Waals surface area contributed by atoms with Gasteiger partial charge in [-0.25, -0.2) is 17.9 Å². The molecule has 1 atom stereocenters. The first kappa shape index (κ1) is 32.5. The Kier molecular flexibility index (Phi) is 10.8. The molecule has 0 unspecified atom stereocenters. The van der Waals surface area contributed by atoms with Gasteiger partial charge in [-0.3, -0.25) is 4.98 Å². The lowest BCUT2D eigenvalue weighted by molar-refractivity contribution is 0.0233. The van der Waals surface area contributed by atoms with Gasteiger partial charge in [-0.15, -0.1) is 0 Å². The predicted molar refractivity (Wildman–Crippen MR) is 157 cm³/mol. The van der Waals surface area contributed by atoms with Crippen LogP contribution in [0.3, 0.4) is 0 Å². The molecule has 0 saturated heterocycles. The molecular weight excluding hydrogens is 542 g/mol. The highest BCUT2D eigenvalue weighted by Crippen LogP contribution is 2.36. The number of carbonyl (C=O) groups excluding carboxylic acids is 1. The molecule has 2 rings (SSSR count). The summed E-state index contributed by atoms with van der Waals surface area (Å²) in [6, 6.07) is 4.35. The van der Waals surface area contributed by atoms with Gasteiger partial charge < -0.3 is 14.1 Å². The third kappa shape index (κ3) is 9.19. The summed E-state index contributed by atoms with van der Waals surface area (Å²) in [7, 11) is -5.77. The number of benzene rings is 1. The van der Waals surface area contributed by atoms with Crippen molar-refractivity contribution < 1.29 is 22.4 Å². The lowest BCUT2D eigenvalue weighted by Crippen LogP contribution is -2.46. The van der Waals surface area contributed by atoms with Crippen molar-refractivity contribution >= 4 is 46.8 Å². The molecule has 0 saturated carbocycles. The normalized spacial score (nSPS) is 13.9. The number of fused-ring (bicyclic) bond motifs is 1. The van der Waals surface area contributed by atoms with Crippen LogP contribution in [-0.2, 0) is 19.2 Å². The summed E-state index contributed by atoms with van der Waals surface area (Å²) >= 11 is 6.30. The summed E-state index contributed by atoms with van der Waals surface area (Å²) in [6.07, 6.45) is 4.01. The van der Waals surface area contributed by atoms with Gasteiger partial charge in [0.15, 0.2) is 8.32 Å². The van der Waals surface area contributed by atoms with E-state index in [1.54, 1.807) is 50.9 Å². The van der Waals surface area contributed by atoms with Crippen LogP contribution in [0.25, 0.3) is 10.8 Å². The topological polar surface area (TPSA) is 97.8 Å². The molecule has 1 heterocycles. The molecule has 38 heavy (non-hydrogen) atoms. The molecule has 0 radical (unpaired) electrons. The van der Waals surface area contributed by atoms with Crippen molar-refractivity contribution in [1.29, 1.82) is 0 Å². The lowest BCUT2D eigenvalue weighted by atomic mass is 10.2. The van der Waals surface area contributed by atoms with Crippen molar-refractivity contribution in [1.82, 2.24) is 14.6 Å². The molecule has 8 nitrogen and oxygen atoms in total. The van der Waals surface area contributed by atoms with E-state index in [1.807, 2.05) is 0 Å². The Balaban J connectivity index is 2.11. The van der Waals surface area contributed by atoms with Crippen molar-refractivity contribution in [2.45, 2.75) is 96.0 Å². The molecule has 1 aromatic heterocycles. The third-order valence-corrected chi connectivity index (χ3v) is 13.0. The van der Waals surface area contributed by atoms with Crippen molar-refractivity contribution in [3.05, 3.63) is 35.6 Å². The monoisotopic (exact) mass is 585 g/mol. The summed E-state index contributed by atoms with van der Waals surface area (Å²) < 4.78 is 41.2. The highest BCUT2D eigenvalue weighted by Gasteiger charge is 2.36. The molecular formula is C27H44ClN3O5SSi. The van der Waals surface area contributed by atoms with E-state index in [9.17, 15) is 13.2 Å². The van der Waals surface area contributed by atoms with E-state index in [4.69, 9.17) is 20.8 Å². The van der Waals surface area contributed by atoms with Crippen LogP contribution >= 0.6 is 11.6 Å². The van der Waals surface area contributed by atoms with Crippen LogP contribution in [-0.4, -0.2) is 64.1 Å². The molecule has 1 N–H and O–H groups in total. The average molecular weight is 586 g/mol. The predicted octanol–water partition coefficient (Wildman–Crippen LogP) is 6.59. The first-order valence-corrected chi connectivity index (χ1v) is 17.8. The molecule has 2 aromatic rings. The minimum absolute atomic E-state index is 0.0702. The Morgan fingerprint density at radius 2 is 1.79 bits per heavy atom. The number of hydrogen-bond acceptors (Lipinski definition) is 6. The van der Waals surface area contributed by atoms with Gasteiger partial charge in [0.1, 0.15) is 5.60 Å². The number of sulfonamides is 1. The van der Waals surface area contributed by atoms with E-state index in [0.717, 1.165) is 6.42 Å².